The van der Waals surface area contributed by atoms with Crippen LogP contribution in [-0.4, -0.2) is 79.4 Å². The molecule has 300 valence electrons. The first-order chi connectivity index (χ1) is 28.9. The van der Waals surface area contributed by atoms with E-state index < -0.39 is 0 Å². The molecule has 4 aliphatic heterocycles. The molecule has 1 N–H and O–H groups in total. The number of nitrogens with zero attached hydrogens (tertiary/aromatic N) is 6. The molecule has 4 aromatic heterocycles. The van der Waals surface area contributed by atoms with E-state index in [0.717, 1.165) is 45.8 Å². The number of aromatic nitrogens is 6. The molecule has 10 rings (SSSR count). The lowest BCUT2D eigenvalue weighted by molar-refractivity contribution is 0.0486. The minimum absolute atomic E-state index is 0.187. The summed E-state index contributed by atoms with van der Waals surface area (Å²) in [6.45, 7) is 6.19. The van der Waals surface area contributed by atoms with E-state index in [-0.39, 0.29) is 54.3 Å². The second-order valence-electron chi connectivity index (χ2n) is 13.9. The van der Waals surface area contributed by atoms with E-state index >= 15 is 0 Å². The Balaban J connectivity index is 0.000000153. The molecule has 2 atom stereocenters. The molecule has 59 heavy (non-hydrogen) atoms. The molecule has 0 saturated carbocycles. The molecule has 0 bridgehead atoms. The van der Waals surface area contributed by atoms with Gasteiger partial charge in [0.25, 0.3) is 11.8 Å². The molecule has 0 spiro atoms. The van der Waals surface area contributed by atoms with Gasteiger partial charge < -0.3 is 38.3 Å². The van der Waals surface area contributed by atoms with Crippen LogP contribution in [0.15, 0.2) is 107 Å². The Kier molecular flexibility index (Phi) is 10.3. The summed E-state index contributed by atoms with van der Waals surface area (Å²) >= 11 is 0. The summed E-state index contributed by atoms with van der Waals surface area (Å²) in [6, 6.07) is 21.7. The Labute approximate surface area is 336 Å². The van der Waals surface area contributed by atoms with Crippen molar-refractivity contribution in [1.82, 2.24) is 29.1 Å². The number of phenolic OH excluding ortho intramolecular Hbond substituents is 1. The first-order valence-electron chi connectivity index (χ1n) is 19.1. The van der Waals surface area contributed by atoms with Crippen molar-refractivity contribution in [3.63, 3.8) is 0 Å². The van der Waals surface area contributed by atoms with E-state index in [1.807, 2.05) is 18.2 Å². The molecule has 2 unspecified atom stereocenters. The fourth-order valence-corrected chi connectivity index (χ4v) is 7.21. The molecule has 2 aromatic carbocycles. The fraction of sp³-hybridized carbons (Fsp3) is 0.256. The third-order valence-electron chi connectivity index (χ3n) is 9.98. The second kappa shape index (κ2) is 16.2. The van der Waals surface area contributed by atoms with Gasteiger partial charge in [-0.3, -0.25) is 9.13 Å². The number of fused-ring (bicyclic) bond motifs is 8. The number of pyridine rings is 2. The maximum absolute atomic E-state index is 12.6. The zero-order chi connectivity index (χ0) is 40.3. The third kappa shape index (κ3) is 7.97. The number of hydrogen-bond donors (Lipinski definition) is 1. The summed E-state index contributed by atoms with van der Waals surface area (Å²) in [5, 5.41) is 9.71. The van der Waals surface area contributed by atoms with Gasteiger partial charge in [-0.15, -0.1) is 0 Å². The van der Waals surface area contributed by atoms with Gasteiger partial charge in [0.2, 0.25) is 11.8 Å². The number of ether oxygens (including phenoxy) is 7. The summed E-state index contributed by atoms with van der Waals surface area (Å²) in [6.07, 6.45) is 5.74. The minimum Gasteiger partial charge on any atom is -0.508 e. The lowest BCUT2D eigenvalue weighted by Gasteiger charge is -2.25. The zero-order valence-corrected chi connectivity index (χ0v) is 31.7. The largest absolute Gasteiger partial charge is 0.508 e. The normalized spacial score (nSPS) is 16.4. The molecule has 16 nitrogen and oxygen atoms in total. The fourth-order valence-electron chi connectivity index (χ4n) is 7.21. The predicted octanol–water partition coefficient (Wildman–Crippen LogP) is 4.43. The summed E-state index contributed by atoms with van der Waals surface area (Å²) in [5.41, 5.74) is 4.79. The number of phenols is 1. The van der Waals surface area contributed by atoms with E-state index in [0.29, 0.717) is 62.6 Å². The van der Waals surface area contributed by atoms with Gasteiger partial charge in [0, 0.05) is 48.7 Å². The summed E-state index contributed by atoms with van der Waals surface area (Å²) in [5.74, 6) is 3.56. The van der Waals surface area contributed by atoms with Crippen molar-refractivity contribution in [1.29, 1.82) is 0 Å². The van der Waals surface area contributed by atoms with E-state index in [4.69, 9.17) is 33.2 Å². The highest BCUT2D eigenvalue weighted by molar-refractivity contribution is 5.68. The Morgan fingerprint density at radius 2 is 1.25 bits per heavy atom. The number of aromatic hydroxyl groups is 1. The lowest BCUT2D eigenvalue weighted by atomic mass is 9.97. The van der Waals surface area contributed by atoms with Gasteiger partial charge in [-0.05, 0) is 84.6 Å². The smallest absolute Gasteiger partial charge is 0.351 e. The molecular formula is C43H38N6O10. The molecule has 0 radical (unpaired) electrons. The van der Waals surface area contributed by atoms with Crippen LogP contribution in [0.3, 0.4) is 0 Å². The van der Waals surface area contributed by atoms with E-state index in [9.17, 15) is 14.7 Å². The number of benzene rings is 2. The molecule has 4 aliphatic rings. The Morgan fingerprint density at radius 3 is 1.81 bits per heavy atom. The average Bonchev–Trinajstić information content (AvgIpc) is 3.26. The minimum atomic E-state index is -0.360. The van der Waals surface area contributed by atoms with Gasteiger partial charge in [0.15, 0.2) is 23.7 Å². The monoisotopic (exact) mass is 798 g/mol. The predicted molar refractivity (Wildman–Crippen MR) is 212 cm³/mol. The van der Waals surface area contributed by atoms with Crippen LogP contribution in [0, 0.1) is 0 Å². The quantitative estimate of drug-likeness (QED) is 0.203. The van der Waals surface area contributed by atoms with Gasteiger partial charge in [0.1, 0.15) is 44.5 Å². The van der Waals surface area contributed by atoms with Crippen molar-refractivity contribution in [2.24, 2.45) is 0 Å². The van der Waals surface area contributed by atoms with Crippen LogP contribution in [0.5, 0.6) is 46.5 Å². The van der Waals surface area contributed by atoms with Crippen LogP contribution in [0.2, 0.25) is 0 Å². The van der Waals surface area contributed by atoms with Crippen molar-refractivity contribution in [3.8, 4) is 69.0 Å². The number of hydrogen-bond acceptors (Lipinski definition) is 14. The van der Waals surface area contributed by atoms with Crippen molar-refractivity contribution in [3.05, 3.63) is 130 Å². The van der Waals surface area contributed by atoms with Crippen LogP contribution in [-0.2, 0) is 25.9 Å². The molecule has 0 aliphatic carbocycles. The van der Waals surface area contributed by atoms with Crippen molar-refractivity contribution in [2.45, 2.75) is 38.1 Å². The molecule has 16 heteroatoms. The number of aryl methyl sites for hydroxylation is 2. The number of rotatable bonds is 9. The zero-order valence-electron chi connectivity index (χ0n) is 31.7. The maximum atomic E-state index is 12.6. The van der Waals surface area contributed by atoms with Crippen LogP contribution in [0.25, 0.3) is 22.5 Å². The molecule has 0 fully saturated rings. The van der Waals surface area contributed by atoms with E-state index in [1.165, 1.54) is 0 Å². The van der Waals surface area contributed by atoms with Gasteiger partial charge in [-0.2, -0.15) is 9.97 Å². The molecule has 0 saturated heterocycles. The van der Waals surface area contributed by atoms with Gasteiger partial charge in [0.05, 0.1) is 11.4 Å². The Morgan fingerprint density at radius 1 is 0.712 bits per heavy atom. The van der Waals surface area contributed by atoms with Crippen molar-refractivity contribution in [2.75, 3.05) is 33.0 Å². The molecule has 6 aromatic rings. The maximum Gasteiger partial charge on any atom is 0.351 e. The van der Waals surface area contributed by atoms with Crippen LogP contribution < -0.4 is 44.5 Å². The van der Waals surface area contributed by atoms with Gasteiger partial charge in [-0.25, -0.2) is 19.6 Å². The van der Waals surface area contributed by atoms with E-state index in [1.54, 1.807) is 82.2 Å². The highest BCUT2D eigenvalue weighted by atomic mass is 16.6. The first kappa shape index (κ1) is 37.2. The molecular weight excluding hydrogens is 761 g/mol. The summed E-state index contributed by atoms with van der Waals surface area (Å²) in [4.78, 5) is 41.4. The summed E-state index contributed by atoms with van der Waals surface area (Å²) in [7, 11) is 0. The Bertz CT molecular complexity index is 2660. The third-order valence-corrected chi connectivity index (χ3v) is 9.98. The van der Waals surface area contributed by atoms with Crippen molar-refractivity contribution < 1.29 is 38.3 Å². The highest BCUT2D eigenvalue weighted by Crippen LogP contribution is 2.35. The lowest BCUT2D eigenvalue weighted by Crippen LogP contribution is -2.35. The van der Waals surface area contributed by atoms with Gasteiger partial charge >= 0.3 is 11.4 Å². The molecule has 0 amide bonds. The molecule has 8 heterocycles. The first-order valence-corrected chi connectivity index (χ1v) is 19.1. The summed E-state index contributed by atoms with van der Waals surface area (Å²) < 4.78 is 43.3. The highest BCUT2D eigenvalue weighted by Gasteiger charge is 2.26. The second-order valence-corrected chi connectivity index (χ2v) is 13.9. The standard InChI is InChI=1S/C23H21N3O5.C20H17N3O5/c1-2-10-28-16-5-6-18-15(11-16)7-9-26-19(18)12-21(25-23(26)27)29-13-17-14-30-22-20(31-17)4-3-8-24-22;24-13-3-4-15-12(8-13)5-7-23-16(15)9-18(22-20(23)25)26-10-14-11-27-19-17(28-14)2-1-6-21-19/h2-6,8,11-12,17H,1,7,9-10,13-14H2;1-4,6,8-9,14,24H,5,7,10-11H2. The Hall–Kier alpha value is -7.36. The average molecular weight is 799 g/mol. The van der Waals surface area contributed by atoms with E-state index in [2.05, 4.69) is 26.5 Å². The SMILES string of the molecule is C=CCOc1ccc2c(c1)CCn1c-2cc(OCC2COc3ncccc3O2)nc1=O.O=c1nc(OCC2COc3ncccc3O2)cc2n1CCc1cc(O)ccc1-2. The topological polar surface area (TPSA) is 180 Å². The van der Waals surface area contributed by atoms with Crippen LogP contribution in [0.4, 0.5) is 0 Å². The van der Waals surface area contributed by atoms with Crippen LogP contribution >= 0.6 is 0 Å². The van der Waals surface area contributed by atoms with Crippen molar-refractivity contribution >= 4 is 0 Å². The van der Waals surface area contributed by atoms with Gasteiger partial charge in [-0.1, -0.05) is 12.7 Å². The van der Waals surface area contributed by atoms with Crippen LogP contribution in [0.1, 0.15) is 11.1 Å².